The topological polar surface area (TPSA) is 35.8 Å². The molecular formula is C16H13ClN2. The van der Waals surface area contributed by atoms with Gasteiger partial charge in [0.2, 0.25) is 0 Å². The fourth-order valence-electron chi connectivity index (χ4n) is 2.33. The van der Waals surface area contributed by atoms with Crippen molar-refractivity contribution >= 4 is 17.3 Å². The fraction of sp³-hybridized carbons (Fsp3) is 0.188. The second-order valence-electron chi connectivity index (χ2n) is 4.81. The lowest BCUT2D eigenvalue weighted by Gasteiger charge is -2.07. The minimum absolute atomic E-state index is 0.464. The van der Waals surface area contributed by atoms with Crippen LogP contribution in [0.5, 0.6) is 0 Å². The molecule has 1 fully saturated rings. The molecule has 0 amide bonds. The first-order chi connectivity index (χ1) is 9.28. The molecule has 0 aromatic heterocycles. The summed E-state index contributed by atoms with van der Waals surface area (Å²) < 4.78 is 0. The fourth-order valence-corrected chi connectivity index (χ4v) is 2.56. The average Bonchev–Trinajstić information content (AvgIpc) is 3.19. The van der Waals surface area contributed by atoms with Crippen LogP contribution in [0.4, 0.5) is 5.69 Å². The van der Waals surface area contributed by atoms with E-state index in [1.165, 1.54) is 5.56 Å². The minimum atomic E-state index is 0.464. The van der Waals surface area contributed by atoms with Gasteiger partial charge < -0.3 is 5.32 Å². The zero-order valence-corrected chi connectivity index (χ0v) is 11.1. The summed E-state index contributed by atoms with van der Waals surface area (Å²) in [4.78, 5) is 0. The standard InChI is InChI=1S/C16H13ClN2/c17-15-8-13(7-6-12(15)10-18)19-16-9-14(16)11-4-2-1-3-5-11/h1-8,14,16,19H,9H2. The van der Waals surface area contributed by atoms with Crippen LogP contribution in [0, 0.1) is 11.3 Å². The predicted octanol–water partition coefficient (Wildman–Crippen LogP) is 4.18. The molecular weight excluding hydrogens is 256 g/mol. The molecule has 1 N–H and O–H groups in total. The van der Waals surface area contributed by atoms with Gasteiger partial charge in [0.15, 0.2) is 0 Å². The summed E-state index contributed by atoms with van der Waals surface area (Å²) in [6.07, 6.45) is 1.14. The number of rotatable bonds is 3. The molecule has 3 rings (SSSR count). The van der Waals surface area contributed by atoms with Crippen LogP contribution < -0.4 is 5.32 Å². The Kier molecular flexibility index (Phi) is 3.15. The van der Waals surface area contributed by atoms with Crippen molar-refractivity contribution in [2.24, 2.45) is 0 Å². The van der Waals surface area contributed by atoms with Crippen molar-refractivity contribution in [2.45, 2.75) is 18.4 Å². The van der Waals surface area contributed by atoms with E-state index in [1.807, 2.05) is 18.2 Å². The Hall–Kier alpha value is -1.98. The largest absolute Gasteiger partial charge is 0.382 e. The molecule has 0 saturated heterocycles. The molecule has 19 heavy (non-hydrogen) atoms. The Morgan fingerprint density at radius 1 is 1.16 bits per heavy atom. The zero-order chi connectivity index (χ0) is 13.2. The van der Waals surface area contributed by atoms with E-state index in [1.54, 1.807) is 6.07 Å². The van der Waals surface area contributed by atoms with Crippen LogP contribution in [0.3, 0.4) is 0 Å². The number of benzene rings is 2. The van der Waals surface area contributed by atoms with E-state index in [0.29, 0.717) is 22.5 Å². The molecule has 0 heterocycles. The summed E-state index contributed by atoms with van der Waals surface area (Å²) in [6.45, 7) is 0. The first-order valence-electron chi connectivity index (χ1n) is 6.29. The first kappa shape index (κ1) is 12.1. The predicted molar refractivity (Wildman–Crippen MR) is 77.4 cm³/mol. The van der Waals surface area contributed by atoms with E-state index in [9.17, 15) is 0 Å². The number of nitrogens with zero attached hydrogens (tertiary/aromatic N) is 1. The number of anilines is 1. The highest BCUT2D eigenvalue weighted by molar-refractivity contribution is 6.32. The SMILES string of the molecule is N#Cc1ccc(NC2CC2c2ccccc2)cc1Cl. The van der Waals surface area contributed by atoms with Gasteiger partial charge in [0, 0.05) is 17.6 Å². The molecule has 0 spiro atoms. The van der Waals surface area contributed by atoms with Crippen molar-refractivity contribution < 1.29 is 0 Å². The number of hydrogen-bond acceptors (Lipinski definition) is 2. The smallest absolute Gasteiger partial charge is 0.101 e. The summed E-state index contributed by atoms with van der Waals surface area (Å²) in [7, 11) is 0. The molecule has 1 aliphatic rings. The van der Waals surface area contributed by atoms with E-state index < -0.39 is 0 Å². The lowest BCUT2D eigenvalue weighted by atomic mass is 10.1. The van der Waals surface area contributed by atoms with Crippen LogP contribution in [-0.2, 0) is 0 Å². The minimum Gasteiger partial charge on any atom is -0.382 e. The second-order valence-corrected chi connectivity index (χ2v) is 5.22. The molecule has 2 atom stereocenters. The van der Waals surface area contributed by atoms with Gasteiger partial charge in [-0.3, -0.25) is 0 Å². The second kappa shape index (κ2) is 4.95. The highest BCUT2D eigenvalue weighted by atomic mass is 35.5. The highest BCUT2D eigenvalue weighted by Crippen LogP contribution is 2.42. The molecule has 2 aromatic carbocycles. The lowest BCUT2D eigenvalue weighted by molar-refractivity contribution is 1.05. The van der Waals surface area contributed by atoms with E-state index >= 15 is 0 Å². The van der Waals surface area contributed by atoms with E-state index in [2.05, 4.69) is 35.7 Å². The monoisotopic (exact) mass is 268 g/mol. The molecule has 1 saturated carbocycles. The van der Waals surface area contributed by atoms with Gasteiger partial charge in [-0.05, 0) is 30.2 Å². The quantitative estimate of drug-likeness (QED) is 0.906. The Balaban J connectivity index is 1.68. The van der Waals surface area contributed by atoms with Crippen molar-refractivity contribution in [3.63, 3.8) is 0 Å². The highest BCUT2D eigenvalue weighted by Gasteiger charge is 2.38. The summed E-state index contributed by atoms with van der Waals surface area (Å²) in [5, 5.41) is 12.8. The van der Waals surface area contributed by atoms with Gasteiger partial charge in [0.1, 0.15) is 6.07 Å². The number of nitrogens with one attached hydrogen (secondary N) is 1. The summed E-state index contributed by atoms with van der Waals surface area (Å²) in [5.41, 5.74) is 2.87. The Bertz CT molecular complexity index is 631. The maximum atomic E-state index is 8.84. The van der Waals surface area contributed by atoms with Crippen molar-refractivity contribution in [1.82, 2.24) is 0 Å². The summed E-state index contributed by atoms with van der Waals surface area (Å²) in [5.74, 6) is 0.579. The Morgan fingerprint density at radius 2 is 1.95 bits per heavy atom. The van der Waals surface area contributed by atoms with Crippen LogP contribution >= 0.6 is 11.6 Å². The number of hydrogen-bond donors (Lipinski definition) is 1. The van der Waals surface area contributed by atoms with Gasteiger partial charge in [-0.1, -0.05) is 41.9 Å². The van der Waals surface area contributed by atoms with Gasteiger partial charge in [0.25, 0.3) is 0 Å². The molecule has 0 bridgehead atoms. The number of halogens is 1. The number of nitriles is 1. The van der Waals surface area contributed by atoms with E-state index in [-0.39, 0.29) is 0 Å². The van der Waals surface area contributed by atoms with Crippen LogP contribution in [0.2, 0.25) is 5.02 Å². The van der Waals surface area contributed by atoms with Crippen molar-refractivity contribution in [3.8, 4) is 6.07 Å². The lowest BCUT2D eigenvalue weighted by Crippen LogP contribution is -2.04. The van der Waals surface area contributed by atoms with Crippen LogP contribution in [0.15, 0.2) is 48.5 Å². The zero-order valence-electron chi connectivity index (χ0n) is 10.3. The van der Waals surface area contributed by atoms with Crippen LogP contribution in [0.1, 0.15) is 23.5 Å². The van der Waals surface area contributed by atoms with E-state index in [0.717, 1.165) is 12.1 Å². The Morgan fingerprint density at radius 3 is 2.63 bits per heavy atom. The molecule has 94 valence electrons. The average molecular weight is 269 g/mol. The van der Waals surface area contributed by atoms with Gasteiger partial charge in [-0.15, -0.1) is 0 Å². The molecule has 3 heteroatoms. The molecule has 2 aromatic rings. The van der Waals surface area contributed by atoms with Gasteiger partial charge in [0.05, 0.1) is 10.6 Å². The summed E-state index contributed by atoms with van der Waals surface area (Å²) >= 11 is 6.02. The van der Waals surface area contributed by atoms with Crippen molar-refractivity contribution in [3.05, 3.63) is 64.7 Å². The summed E-state index contributed by atoms with van der Waals surface area (Å²) in [6, 6.07) is 18.5. The normalized spacial score (nSPS) is 20.6. The van der Waals surface area contributed by atoms with E-state index in [4.69, 9.17) is 16.9 Å². The van der Waals surface area contributed by atoms with Crippen LogP contribution in [0.25, 0.3) is 0 Å². The molecule has 2 unspecified atom stereocenters. The Labute approximate surface area is 117 Å². The van der Waals surface area contributed by atoms with Crippen molar-refractivity contribution in [1.29, 1.82) is 5.26 Å². The maximum Gasteiger partial charge on any atom is 0.101 e. The van der Waals surface area contributed by atoms with Crippen LogP contribution in [-0.4, -0.2) is 6.04 Å². The van der Waals surface area contributed by atoms with Gasteiger partial charge in [-0.25, -0.2) is 0 Å². The molecule has 2 nitrogen and oxygen atoms in total. The molecule has 1 aliphatic carbocycles. The van der Waals surface area contributed by atoms with Gasteiger partial charge >= 0.3 is 0 Å². The first-order valence-corrected chi connectivity index (χ1v) is 6.67. The third kappa shape index (κ3) is 2.57. The van der Waals surface area contributed by atoms with Crippen molar-refractivity contribution in [2.75, 3.05) is 5.32 Å². The molecule has 0 radical (unpaired) electrons. The maximum absolute atomic E-state index is 8.84. The van der Waals surface area contributed by atoms with Gasteiger partial charge in [-0.2, -0.15) is 5.26 Å². The molecule has 0 aliphatic heterocycles. The third-order valence-electron chi connectivity index (χ3n) is 3.46. The third-order valence-corrected chi connectivity index (χ3v) is 3.77.